The van der Waals surface area contributed by atoms with Gasteiger partial charge in [0.25, 0.3) is 0 Å². The molecule has 0 N–H and O–H groups in total. The van der Waals surface area contributed by atoms with Crippen LogP contribution in [0.2, 0.25) is 0 Å². The Kier molecular flexibility index (Phi) is 1.56. The van der Waals surface area contributed by atoms with Crippen molar-refractivity contribution in [3.63, 3.8) is 0 Å². The Labute approximate surface area is 104 Å². The van der Waals surface area contributed by atoms with E-state index in [1.807, 2.05) is 0 Å². The van der Waals surface area contributed by atoms with E-state index in [0.717, 1.165) is 0 Å². The van der Waals surface area contributed by atoms with Gasteiger partial charge in [0, 0.05) is 28.9 Å². The lowest BCUT2D eigenvalue weighted by Crippen LogP contribution is -2.18. The van der Waals surface area contributed by atoms with Crippen molar-refractivity contribution in [3.8, 4) is 0 Å². The first-order valence-corrected chi connectivity index (χ1v) is 5.15. The summed E-state index contributed by atoms with van der Waals surface area (Å²) >= 11 is 0. The molecule has 4 nitrogen and oxygen atoms in total. The predicted octanol–water partition coefficient (Wildman–Crippen LogP) is 1.47. The van der Waals surface area contributed by atoms with Gasteiger partial charge in [0.05, 0.1) is 16.6 Å². The molecule has 0 saturated carbocycles. The first-order chi connectivity index (χ1) is 9.91. The van der Waals surface area contributed by atoms with Gasteiger partial charge in [-0.3, -0.25) is 4.79 Å². The lowest BCUT2D eigenvalue weighted by atomic mass is 9.89. The molecule has 0 aliphatic carbocycles. The molecule has 1 aliphatic rings. The summed E-state index contributed by atoms with van der Waals surface area (Å²) in [4.78, 5) is 15.7. The van der Waals surface area contributed by atoms with Crippen LogP contribution in [0.1, 0.15) is 33.1 Å². The normalized spacial score (nSPS) is 38.9. The van der Waals surface area contributed by atoms with Gasteiger partial charge in [-0.2, -0.15) is 0 Å². The van der Waals surface area contributed by atoms with Gasteiger partial charge in [-0.25, -0.2) is 4.98 Å². The number of hydrogen-bond donors (Lipinski definition) is 0. The van der Waals surface area contributed by atoms with Crippen LogP contribution in [0.5, 0.6) is 0 Å². The molecule has 2 rings (SSSR count). The third kappa shape index (κ3) is 1.84. The number of carbonyl (C=O) groups excluding carboxylic acids is 1. The van der Waals surface area contributed by atoms with Crippen LogP contribution < -0.4 is 0 Å². The highest BCUT2D eigenvalue weighted by Gasteiger charge is 2.35. The minimum absolute atomic E-state index is 0.0610. The van der Waals surface area contributed by atoms with Crippen LogP contribution in [0, 0.1) is 18.7 Å². The molecule has 4 heteroatoms. The molecule has 0 unspecified atom stereocenters. The molecule has 0 spiro atoms. The number of nitrogens with zero attached hydrogens (tertiary/aromatic N) is 2. The quantitative estimate of drug-likeness (QED) is 0.736. The van der Waals surface area contributed by atoms with Crippen LogP contribution in [0.15, 0.2) is 6.17 Å². The molecule has 88 valence electrons. The van der Waals surface area contributed by atoms with Crippen molar-refractivity contribution >= 4 is 5.97 Å². The second-order valence-electron chi connectivity index (χ2n) is 3.70. The van der Waals surface area contributed by atoms with Gasteiger partial charge in [0.15, 0.2) is 0 Å². The number of rotatable bonds is 3. The Balaban J connectivity index is 2.71. The average Bonchev–Trinajstić information content (AvgIpc) is 2.72. The highest BCUT2D eigenvalue weighted by Crippen LogP contribution is 2.28. The predicted molar refractivity (Wildman–Crippen MR) is 59.9 cm³/mol. The summed E-state index contributed by atoms with van der Waals surface area (Å²) in [7, 11) is 1.49. The molecule has 1 fully saturated rings. The molecule has 16 heavy (non-hydrogen) atoms. The minimum atomic E-state index is -2.81. The number of esters is 1. The van der Waals surface area contributed by atoms with Crippen molar-refractivity contribution in [2.24, 2.45) is 18.9 Å². The third-order valence-electron chi connectivity index (χ3n) is 2.70. The Morgan fingerprint density at radius 1 is 1.94 bits per heavy atom. The summed E-state index contributed by atoms with van der Waals surface area (Å²) in [6.45, 7) is 0.345. The molecular formula is C12H18N2O2. The molecule has 1 aromatic rings. The van der Waals surface area contributed by atoms with Crippen molar-refractivity contribution in [2.45, 2.75) is 26.6 Å². The molecule has 1 aliphatic heterocycles. The number of carbonyl (C=O) groups is 1. The first kappa shape index (κ1) is 5.84. The van der Waals surface area contributed by atoms with Gasteiger partial charge in [-0.15, -0.1) is 0 Å². The van der Waals surface area contributed by atoms with Gasteiger partial charge >= 0.3 is 5.97 Å². The lowest BCUT2D eigenvalue weighted by Gasteiger charge is -2.13. The Bertz CT molecular complexity index is 629. The van der Waals surface area contributed by atoms with Crippen LogP contribution in [-0.4, -0.2) is 22.1 Å². The maximum atomic E-state index is 11.9. The molecular weight excluding hydrogens is 204 g/mol. The summed E-state index contributed by atoms with van der Waals surface area (Å²) in [6, 6.07) is 0. The van der Waals surface area contributed by atoms with E-state index in [1.165, 1.54) is 11.6 Å². The fraction of sp³-hybridized carbons (Fsp3) is 0.667. The standard InChI is InChI=1S/C12H18N2O2/c1-4-11-9(7-16-12(11)15)5-10-6-13-8(2)14(10)3/h6,9,11H,4-5,7H2,1-3H3/t9-,11-/m0/s1/i5D2,6D,7D2,9D. The van der Waals surface area contributed by atoms with E-state index in [1.54, 1.807) is 13.8 Å². The summed E-state index contributed by atoms with van der Waals surface area (Å²) in [5, 5.41) is 0. The molecule has 0 aromatic carbocycles. The zero-order valence-corrected chi connectivity index (χ0v) is 9.50. The van der Waals surface area contributed by atoms with E-state index >= 15 is 0 Å². The van der Waals surface area contributed by atoms with Crippen LogP contribution in [0.25, 0.3) is 0 Å². The van der Waals surface area contributed by atoms with E-state index < -0.39 is 30.7 Å². The number of aromatic nitrogens is 2. The molecule has 1 aromatic heterocycles. The number of imidazole rings is 1. The smallest absolute Gasteiger partial charge is 0.309 e. The lowest BCUT2D eigenvalue weighted by molar-refractivity contribution is -0.141. The number of ether oxygens (including phenoxy) is 1. The molecule has 0 bridgehead atoms. The maximum absolute atomic E-state index is 11.9. The van der Waals surface area contributed by atoms with Crippen molar-refractivity contribution < 1.29 is 17.8 Å². The summed E-state index contributed by atoms with van der Waals surface area (Å²) in [5.41, 5.74) is -0.236. The van der Waals surface area contributed by atoms with Gasteiger partial charge in [0.2, 0.25) is 0 Å². The Morgan fingerprint density at radius 3 is 3.25 bits per heavy atom. The van der Waals surface area contributed by atoms with Gasteiger partial charge in [-0.05, 0) is 19.7 Å². The molecule has 0 radical (unpaired) electrons. The molecule has 2 heterocycles. The van der Waals surface area contributed by atoms with Gasteiger partial charge < -0.3 is 9.30 Å². The van der Waals surface area contributed by atoms with E-state index in [0.29, 0.717) is 5.82 Å². The minimum Gasteiger partial charge on any atom is -0.465 e. The number of aryl methyl sites for hydroxylation is 1. The fourth-order valence-corrected chi connectivity index (χ4v) is 1.53. The second kappa shape index (κ2) is 4.28. The molecule has 0 amide bonds. The summed E-state index contributed by atoms with van der Waals surface area (Å²) in [5.74, 6) is -4.35. The zero-order valence-electron chi connectivity index (χ0n) is 15.5. The highest BCUT2D eigenvalue weighted by molar-refractivity contribution is 5.74. The topological polar surface area (TPSA) is 44.1 Å². The van der Waals surface area contributed by atoms with Crippen molar-refractivity contribution in [3.05, 3.63) is 17.7 Å². The zero-order chi connectivity index (χ0) is 17.1. The van der Waals surface area contributed by atoms with E-state index in [2.05, 4.69) is 9.72 Å². The van der Waals surface area contributed by atoms with Crippen molar-refractivity contribution in [1.29, 1.82) is 0 Å². The fourth-order valence-electron chi connectivity index (χ4n) is 1.53. The highest BCUT2D eigenvalue weighted by atomic mass is 16.5. The summed E-state index contributed by atoms with van der Waals surface area (Å²) < 4.78 is 54.7. The second-order valence-corrected chi connectivity index (χ2v) is 3.70. The van der Waals surface area contributed by atoms with E-state index in [4.69, 9.17) is 8.22 Å². The van der Waals surface area contributed by atoms with Gasteiger partial charge in [0.1, 0.15) is 5.82 Å². The number of hydrogen-bond acceptors (Lipinski definition) is 3. The molecule has 1 saturated heterocycles. The van der Waals surface area contributed by atoms with Crippen LogP contribution in [0.3, 0.4) is 0 Å². The van der Waals surface area contributed by atoms with Crippen molar-refractivity contribution in [1.82, 2.24) is 9.55 Å². The largest absolute Gasteiger partial charge is 0.465 e. The molecule has 2 atom stereocenters. The van der Waals surface area contributed by atoms with Crippen LogP contribution in [0.4, 0.5) is 0 Å². The van der Waals surface area contributed by atoms with Gasteiger partial charge in [-0.1, -0.05) is 6.92 Å². The van der Waals surface area contributed by atoms with Crippen LogP contribution in [-0.2, 0) is 23.0 Å². The monoisotopic (exact) mass is 228 g/mol. The first-order valence-electron chi connectivity index (χ1n) is 8.15. The van der Waals surface area contributed by atoms with Crippen molar-refractivity contribution in [2.75, 3.05) is 6.56 Å². The SMILES string of the molecule is [2H]c1nc(C)n(C)c1C([2H])([2H])[C@]1([2H])[C@H](CC)C(=O)OC1([2H])[2H]. The average molecular weight is 228 g/mol. The Hall–Kier alpha value is -1.32. The van der Waals surface area contributed by atoms with Crippen LogP contribution >= 0.6 is 0 Å². The van der Waals surface area contributed by atoms with E-state index in [-0.39, 0.29) is 18.3 Å². The van der Waals surface area contributed by atoms with E-state index in [9.17, 15) is 4.79 Å². The summed E-state index contributed by atoms with van der Waals surface area (Å²) in [6.07, 6.45) is -2.95. The Morgan fingerprint density at radius 2 is 2.69 bits per heavy atom. The third-order valence-corrected chi connectivity index (χ3v) is 2.70. The maximum Gasteiger partial charge on any atom is 0.309 e. The number of cyclic esters (lactones) is 1.